The number of rotatable bonds is 6. The lowest BCUT2D eigenvalue weighted by Gasteiger charge is -2.47. The minimum atomic E-state index is 0.670. The largest absolute Gasteiger partial charge is 0.313 e. The molecule has 1 rings (SSSR count). The summed E-state index contributed by atoms with van der Waals surface area (Å²) in [4.78, 5) is 2.66. The Morgan fingerprint density at radius 3 is 2.32 bits per heavy atom. The fourth-order valence-electron chi connectivity index (χ4n) is 4.13. The third-order valence-corrected chi connectivity index (χ3v) is 4.87. The molecule has 0 aliphatic heterocycles. The predicted molar refractivity (Wildman–Crippen MR) is 85.5 cm³/mol. The Bertz CT molecular complexity index is 252. The van der Waals surface area contributed by atoms with Crippen molar-refractivity contribution in [2.45, 2.75) is 78.9 Å². The number of hydrogen-bond acceptors (Lipinski definition) is 2. The second-order valence-electron chi connectivity index (χ2n) is 7.35. The van der Waals surface area contributed by atoms with Gasteiger partial charge in [0.1, 0.15) is 0 Å². The lowest BCUT2D eigenvalue weighted by Crippen LogP contribution is -2.57. The van der Waals surface area contributed by atoms with Crippen molar-refractivity contribution < 1.29 is 0 Å². The van der Waals surface area contributed by atoms with Crippen molar-refractivity contribution in [3.05, 3.63) is 0 Å². The Hall–Kier alpha value is -0.0800. The van der Waals surface area contributed by atoms with Crippen LogP contribution in [0.2, 0.25) is 0 Å². The molecule has 0 aromatic carbocycles. The van der Waals surface area contributed by atoms with Gasteiger partial charge in [-0.15, -0.1) is 0 Å². The smallest absolute Gasteiger partial charge is 0.0274 e. The molecule has 19 heavy (non-hydrogen) atoms. The molecule has 0 aromatic heterocycles. The molecule has 0 saturated heterocycles. The summed E-state index contributed by atoms with van der Waals surface area (Å²) in [6.45, 7) is 15.2. The van der Waals surface area contributed by atoms with Crippen LogP contribution in [0.4, 0.5) is 0 Å². The molecule has 1 fully saturated rings. The number of nitrogens with zero attached hydrogens (tertiary/aromatic N) is 1. The van der Waals surface area contributed by atoms with Gasteiger partial charge in [-0.2, -0.15) is 0 Å². The Balaban J connectivity index is 2.74. The number of hydrogen-bond donors (Lipinski definition) is 1. The van der Waals surface area contributed by atoms with E-state index in [9.17, 15) is 0 Å². The van der Waals surface area contributed by atoms with Crippen LogP contribution in [0.15, 0.2) is 0 Å². The van der Waals surface area contributed by atoms with E-state index >= 15 is 0 Å². The van der Waals surface area contributed by atoms with Crippen LogP contribution in [0.5, 0.6) is 0 Å². The van der Waals surface area contributed by atoms with Crippen LogP contribution in [-0.4, -0.2) is 36.6 Å². The van der Waals surface area contributed by atoms with Crippen LogP contribution in [0.1, 0.15) is 60.8 Å². The van der Waals surface area contributed by atoms with E-state index in [1.54, 1.807) is 0 Å². The van der Waals surface area contributed by atoms with E-state index in [0.29, 0.717) is 18.1 Å². The normalized spacial score (nSPS) is 33.9. The van der Waals surface area contributed by atoms with Crippen molar-refractivity contribution in [3.63, 3.8) is 0 Å². The molecule has 5 unspecified atom stereocenters. The van der Waals surface area contributed by atoms with E-state index in [1.165, 1.54) is 19.3 Å². The highest BCUT2D eigenvalue weighted by molar-refractivity contribution is 4.94. The topological polar surface area (TPSA) is 15.3 Å². The van der Waals surface area contributed by atoms with Gasteiger partial charge in [-0.1, -0.05) is 34.6 Å². The van der Waals surface area contributed by atoms with Crippen LogP contribution in [0.25, 0.3) is 0 Å². The van der Waals surface area contributed by atoms with E-state index in [4.69, 9.17) is 0 Å². The highest BCUT2D eigenvalue weighted by Crippen LogP contribution is 2.33. The highest BCUT2D eigenvalue weighted by Gasteiger charge is 2.37. The fourth-order valence-corrected chi connectivity index (χ4v) is 4.13. The molecule has 1 N–H and O–H groups in total. The van der Waals surface area contributed by atoms with Gasteiger partial charge in [0.05, 0.1) is 0 Å². The molecule has 0 amide bonds. The molecular formula is C17H36N2. The molecule has 1 aliphatic rings. The Labute approximate surface area is 121 Å². The summed E-state index contributed by atoms with van der Waals surface area (Å²) in [5.74, 6) is 2.45. The van der Waals surface area contributed by atoms with Crippen LogP contribution in [0, 0.1) is 17.8 Å². The van der Waals surface area contributed by atoms with Crippen molar-refractivity contribution >= 4 is 0 Å². The zero-order valence-electron chi connectivity index (χ0n) is 14.2. The Kier molecular flexibility index (Phi) is 6.82. The number of nitrogens with one attached hydrogen (secondary N) is 1. The van der Waals surface area contributed by atoms with Crippen LogP contribution in [0.3, 0.4) is 0 Å². The molecule has 2 nitrogen and oxygen atoms in total. The fraction of sp³-hybridized carbons (Fsp3) is 1.00. The van der Waals surface area contributed by atoms with Gasteiger partial charge in [0.15, 0.2) is 0 Å². The summed E-state index contributed by atoms with van der Waals surface area (Å²) in [7, 11) is 2.34. The van der Waals surface area contributed by atoms with E-state index in [2.05, 4.69) is 58.8 Å². The SMILES string of the molecule is CCNC1CC(C)CC(C)C1N(C)C(C)CC(C)C. The summed E-state index contributed by atoms with van der Waals surface area (Å²) in [5.41, 5.74) is 0. The van der Waals surface area contributed by atoms with E-state index in [1.807, 2.05) is 0 Å². The molecule has 1 aliphatic carbocycles. The van der Waals surface area contributed by atoms with Gasteiger partial charge >= 0.3 is 0 Å². The van der Waals surface area contributed by atoms with Gasteiger partial charge in [-0.05, 0) is 57.5 Å². The molecule has 0 aromatic rings. The minimum Gasteiger partial charge on any atom is -0.313 e. The van der Waals surface area contributed by atoms with Crippen molar-refractivity contribution in [1.29, 1.82) is 0 Å². The maximum Gasteiger partial charge on any atom is 0.0274 e. The maximum absolute atomic E-state index is 3.74. The van der Waals surface area contributed by atoms with Crippen LogP contribution < -0.4 is 5.32 Å². The standard InChI is InChI=1S/C17H36N2/c1-8-18-16-11-13(4)10-14(5)17(16)19(7)15(6)9-12(2)3/h12-18H,8-11H2,1-7H3. The molecule has 0 radical (unpaired) electrons. The van der Waals surface area contributed by atoms with E-state index in [-0.39, 0.29) is 0 Å². The third-order valence-electron chi connectivity index (χ3n) is 4.87. The van der Waals surface area contributed by atoms with Crippen LogP contribution in [-0.2, 0) is 0 Å². The van der Waals surface area contributed by atoms with Crippen molar-refractivity contribution in [2.24, 2.45) is 17.8 Å². The molecule has 1 saturated carbocycles. The van der Waals surface area contributed by atoms with Gasteiger partial charge in [0, 0.05) is 18.1 Å². The first-order valence-electron chi connectivity index (χ1n) is 8.32. The lowest BCUT2D eigenvalue weighted by atomic mass is 9.75. The molecule has 2 heteroatoms. The van der Waals surface area contributed by atoms with Gasteiger partial charge in [0.25, 0.3) is 0 Å². The van der Waals surface area contributed by atoms with Crippen molar-refractivity contribution in [2.75, 3.05) is 13.6 Å². The molecule has 0 heterocycles. The van der Waals surface area contributed by atoms with E-state index in [0.717, 1.165) is 24.3 Å². The van der Waals surface area contributed by atoms with Crippen LogP contribution >= 0.6 is 0 Å². The van der Waals surface area contributed by atoms with Gasteiger partial charge in [-0.25, -0.2) is 0 Å². The molecule has 5 atom stereocenters. The predicted octanol–water partition coefficient (Wildman–Crippen LogP) is 3.77. The third kappa shape index (κ3) is 4.75. The molecular weight excluding hydrogens is 232 g/mol. The monoisotopic (exact) mass is 268 g/mol. The summed E-state index contributed by atoms with van der Waals surface area (Å²) in [6.07, 6.45) is 4.01. The first kappa shape index (κ1) is 17.0. The van der Waals surface area contributed by atoms with Crippen molar-refractivity contribution in [1.82, 2.24) is 10.2 Å². The van der Waals surface area contributed by atoms with Gasteiger partial charge in [0.2, 0.25) is 0 Å². The molecule has 0 bridgehead atoms. The molecule has 114 valence electrons. The van der Waals surface area contributed by atoms with Gasteiger partial charge in [-0.3, -0.25) is 4.90 Å². The summed E-state index contributed by atoms with van der Waals surface area (Å²) >= 11 is 0. The average molecular weight is 268 g/mol. The quantitative estimate of drug-likeness (QED) is 0.789. The Morgan fingerprint density at radius 1 is 1.16 bits per heavy atom. The zero-order chi connectivity index (χ0) is 14.6. The number of likely N-dealkylation sites (N-methyl/N-ethyl adjacent to an activating group) is 2. The summed E-state index contributed by atoms with van der Waals surface area (Å²) in [5, 5.41) is 3.74. The minimum absolute atomic E-state index is 0.670. The Morgan fingerprint density at radius 2 is 1.79 bits per heavy atom. The zero-order valence-corrected chi connectivity index (χ0v) is 14.2. The second-order valence-corrected chi connectivity index (χ2v) is 7.35. The maximum atomic E-state index is 3.74. The first-order valence-corrected chi connectivity index (χ1v) is 8.32. The average Bonchev–Trinajstić information content (AvgIpc) is 2.27. The first-order chi connectivity index (χ1) is 8.86. The summed E-state index contributed by atoms with van der Waals surface area (Å²) in [6, 6.07) is 2.05. The molecule has 0 spiro atoms. The van der Waals surface area contributed by atoms with Crippen molar-refractivity contribution in [3.8, 4) is 0 Å². The van der Waals surface area contributed by atoms with Gasteiger partial charge < -0.3 is 5.32 Å². The van der Waals surface area contributed by atoms with E-state index < -0.39 is 0 Å². The lowest BCUT2D eigenvalue weighted by molar-refractivity contribution is 0.0498. The second kappa shape index (κ2) is 7.64. The summed E-state index contributed by atoms with van der Waals surface area (Å²) < 4.78 is 0. The highest BCUT2D eigenvalue weighted by atomic mass is 15.2.